The Labute approximate surface area is 98.2 Å². The van der Waals surface area contributed by atoms with E-state index in [1.807, 2.05) is 0 Å². The third-order valence-corrected chi connectivity index (χ3v) is 5.67. The molecule has 1 fully saturated rings. The lowest BCUT2D eigenvalue weighted by Crippen LogP contribution is -2.47. The average molecular weight is 218 g/mol. The normalized spacial score (nSPS) is 42.7. The Balaban J connectivity index is 2.18. The maximum absolute atomic E-state index is 10.6. The topological polar surface area (TPSA) is 20.2 Å². The highest BCUT2D eigenvalue weighted by molar-refractivity contribution is 5.43. The fourth-order valence-corrected chi connectivity index (χ4v) is 4.30. The minimum atomic E-state index is -0.199. The summed E-state index contributed by atoms with van der Waals surface area (Å²) in [4.78, 5) is 0. The van der Waals surface area contributed by atoms with Crippen molar-refractivity contribution in [3.05, 3.63) is 23.3 Å². The first-order chi connectivity index (χ1) is 7.42. The summed E-state index contributed by atoms with van der Waals surface area (Å²) in [6, 6.07) is 0. The van der Waals surface area contributed by atoms with Gasteiger partial charge in [0.15, 0.2) is 0 Å². The van der Waals surface area contributed by atoms with Gasteiger partial charge in [-0.3, -0.25) is 0 Å². The molecule has 0 bridgehead atoms. The second kappa shape index (κ2) is 2.81. The summed E-state index contributed by atoms with van der Waals surface area (Å²) in [5.41, 5.74) is 3.47. The smallest absolute Gasteiger partial charge is 0.0699 e. The molecule has 0 aromatic rings. The maximum Gasteiger partial charge on any atom is 0.0699 e. The first-order valence-electron chi connectivity index (χ1n) is 6.49. The summed E-state index contributed by atoms with van der Waals surface area (Å²) in [6.07, 6.45) is 6.84. The summed E-state index contributed by atoms with van der Waals surface area (Å²) < 4.78 is 0. The summed E-state index contributed by atoms with van der Waals surface area (Å²) in [5, 5.41) is 10.6. The zero-order valence-corrected chi connectivity index (χ0v) is 10.7. The van der Waals surface area contributed by atoms with Crippen LogP contribution in [-0.4, -0.2) is 11.2 Å². The number of aliphatic hydroxyl groups excluding tert-OH is 1. The van der Waals surface area contributed by atoms with Crippen molar-refractivity contribution in [3.63, 3.8) is 0 Å². The second-order valence-corrected chi connectivity index (χ2v) is 6.53. The van der Waals surface area contributed by atoms with Gasteiger partial charge in [0, 0.05) is 11.3 Å². The number of rotatable bonds is 0. The standard InChI is InChI=1S/C15H22O/c1-9-5-6-11-12(9)10(2)15(7-8-15)14(3,4)13(11)16/h5-6,9,11,13,16H,7-8H2,1-4H3. The molecule has 0 amide bonds. The highest BCUT2D eigenvalue weighted by Crippen LogP contribution is 2.69. The van der Waals surface area contributed by atoms with E-state index in [-0.39, 0.29) is 17.4 Å². The van der Waals surface area contributed by atoms with Gasteiger partial charge in [-0.1, -0.05) is 44.1 Å². The van der Waals surface area contributed by atoms with Gasteiger partial charge in [-0.25, -0.2) is 0 Å². The minimum Gasteiger partial charge on any atom is -0.392 e. The molecule has 1 nitrogen and oxygen atoms in total. The average Bonchev–Trinajstić information content (AvgIpc) is 2.95. The van der Waals surface area contributed by atoms with Crippen molar-refractivity contribution in [1.29, 1.82) is 0 Å². The van der Waals surface area contributed by atoms with Crippen LogP contribution in [0, 0.1) is 22.7 Å². The molecule has 16 heavy (non-hydrogen) atoms. The molecule has 88 valence electrons. The molecule has 0 heterocycles. The zero-order valence-electron chi connectivity index (χ0n) is 10.7. The molecule has 0 radical (unpaired) electrons. The molecule has 1 saturated carbocycles. The SMILES string of the molecule is CC1=C2C(C)C=CC2C(O)C(C)(C)C12CC2. The summed E-state index contributed by atoms with van der Waals surface area (Å²) in [7, 11) is 0. The lowest BCUT2D eigenvalue weighted by atomic mass is 9.58. The van der Waals surface area contributed by atoms with Crippen LogP contribution in [-0.2, 0) is 0 Å². The zero-order chi connectivity index (χ0) is 11.7. The van der Waals surface area contributed by atoms with Crippen molar-refractivity contribution < 1.29 is 5.11 Å². The van der Waals surface area contributed by atoms with Crippen LogP contribution in [0.4, 0.5) is 0 Å². The Bertz CT molecular complexity index is 396. The van der Waals surface area contributed by atoms with E-state index < -0.39 is 0 Å². The van der Waals surface area contributed by atoms with E-state index in [0.29, 0.717) is 11.3 Å². The lowest BCUT2D eigenvalue weighted by molar-refractivity contribution is -0.0243. The van der Waals surface area contributed by atoms with Gasteiger partial charge in [0.05, 0.1) is 6.10 Å². The third-order valence-electron chi connectivity index (χ3n) is 5.67. The fraction of sp³-hybridized carbons (Fsp3) is 0.733. The molecule has 0 aliphatic heterocycles. The van der Waals surface area contributed by atoms with E-state index >= 15 is 0 Å². The lowest BCUT2D eigenvalue weighted by Gasteiger charge is -2.48. The van der Waals surface area contributed by atoms with E-state index in [1.165, 1.54) is 18.4 Å². The van der Waals surface area contributed by atoms with Crippen LogP contribution >= 0.6 is 0 Å². The number of hydrogen-bond donors (Lipinski definition) is 1. The number of allylic oxidation sites excluding steroid dienone is 2. The van der Waals surface area contributed by atoms with Crippen molar-refractivity contribution in [2.45, 2.75) is 46.6 Å². The summed E-state index contributed by atoms with van der Waals surface area (Å²) in [5.74, 6) is 0.824. The van der Waals surface area contributed by atoms with Gasteiger partial charge in [0.25, 0.3) is 0 Å². The highest BCUT2D eigenvalue weighted by Gasteiger charge is 2.63. The molecule has 0 aromatic heterocycles. The molecule has 1 spiro atoms. The molecule has 1 N–H and O–H groups in total. The van der Waals surface area contributed by atoms with Gasteiger partial charge in [0.1, 0.15) is 0 Å². The molecule has 3 atom stereocenters. The Morgan fingerprint density at radius 2 is 1.88 bits per heavy atom. The third kappa shape index (κ3) is 0.964. The Hall–Kier alpha value is -0.560. The van der Waals surface area contributed by atoms with Crippen molar-refractivity contribution in [1.82, 2.24) is 0 Å². The maximum atomic E-state index is 10.6. The molecule has 0 saturated heterocycles. The predicted octanol–water partition coefficient (Wildman–Crippen LogP) is 3.31. The van der Waals surface area contributed by atoms with Crippen molar-refractivity contribution in [2.24, 2.45) is 22.7 Å². The summed E-state index contributed by atoms with van der Waals surface area (Å²) in [6.45, 7) is 9.08. The van der Waals surface area contributed by atoms with Gasteiger partial charge >= 0.3 is 0 Å². The van der Waals surface area contributed by atoms with E-state index in [2.05, 4.69) is 39.8 Å². The van der Waals surface area contributed by atoms with Crippen molar-refractivity contribution >= 4 is 0 Å². The van der Waals surface area contributed by atoms with Crippen molar-refractivity contribution in [3.8, 4) is 0 Å². The van der Waals surface area contributed by atoms with Gasteiger partial charge in [-0.05, 0) is 31.1 Å². The largest absolute Gasteiger partial charge is 0.392 e. The molecule has 3 unspecified atom stereocenters. The molecule has 3 aliphatic carbocycles. The van der Waals surface area contributed by atoms with E-state index in [1.54, 1.807) is 5.57 Å². The van der Waals surface area contributed by atoms with Crippen LogP contribution in [0.1, 0.15) is 40.5 Å². The molecule has 3 rings (SSSR count). The predicted molar refractivity (Wildman–Crippen MR) is 65.9 cm³/mol. The first kappa shape index (κ1) is 10.6. The molecular formula is C15H22O. The van der Waals surface area contributed by atoms with Crippen molar-refractivity contribution in [2.75, 3.05) is 0 Å². The molecule has 3 aliphatic rings. The van der Waals surface area contributed by atoms with Crippen LogP contribution < -0.4 is 0 Å². The van der Waals surface area contributed by atoms with Crippen LogP contribution in [0.15, 0.2) is 23.3 Å². The molecule has 0 aromatic carbocycles. The van der Waals surface area contributed by atoms with E-state index in [9.17, 15) is 5.11 Å². The second-order valence-electron chi connectivity index (χ2n) is 6.53. The van der Waals surface area contributed by atoms with Crippen LogP contribution in [0.5, 0.6) is 0 Å². The molecule has 1 heteroatoms. The first-order valence-corrected chi connectivity index (χ1v) is 6.49. The van der Waals surface area contributed by atoms with E-state index in [4.69, 9.17) is 0 Å². The van der Waals surface area contributed by atoms with Gasteiger partial charge in [0.2, 0.25) is 0 Å². The molecular weight excluding hydrogens is 196 g/mol. The van der Waals surface area contributed by atoms with Gasteiger partial charge < -0.3 is 5.11 Å². The monoisotopic (exact) mass is 218 g/mol. The summed E-state index contributed by atoms with van der Waals surface area (Å²) >= 11 is 0. The number of aliphatic hydroxyl groups is 1. The quantitative estimate of drug-likeness (QED) is 0.618. The number of fused-ring (bicyclic) bond motifs is 1. The van der Waals surface area contributed by atoms with Gasteiger partial charge in [-0.15, -0.1) is 0 Å². The Kier molecular flexibility index (Phi) is 1.86. The Morgan fingerprint density at radius 1 is 1.25 bits per heavy atom. The highest BCUT2D eigenvalue weighted by atomic mass is 16.3. The fourth-order valence-electron chi connectivity index (χ4n) is 4.30. The van der Waals surface area contributed by atoms with Gasteiger partial charge in [-0.2, -0.15) is 0 Å². The van der Waals surface area contributed by atoms with Crippen LogP contribution in [0.25, 0.3) is 0 Å². The van der Waals surface area contributed by atoms with E-state index in [0.717, 1.165) is 0 Å². The minimum absolute atomic E-state index is 0.0413. The number of hydrogen-bond acceptors (Lipinski definition) is 1. The van der Waals surface area contributed by atoms with Crippen LogP contribution in [0.2, 0.25) is 0 Å². The Morgan fingerprint density at radius 3 is 2.44 bits per heavy atom. The van der Waals surface area contributed by atoms with Crippen LogP contribution in [0.3, 0.4) is 0 Å².